The van der Waals surface area contributed by atoms with Crippen LogP contribution in [-0.4, -0.2) is 105 Å². The summed E-state index contributed by atoms with van der Waals surface area (Å²) in [5.41, 5.74) is 6.84. The van der Waals surface area contributed by atoms with Crippen LogP contribution in [0.1, 0.15) is 94.8 Å². The third kappa shape index (κ3) is 23.5. The third-order valence-corrected chi connectivity index (χ3v) is 25.8. The average Bonchev–Trinajstić information content (AvgIpc) is 1.52. The Bertz CT molecular complexity index is 6110. The number of pyridine rings is 2. The van der Waals surface area contributed by atoms with Crippen molar-refractivity contribution in [2.24, 2.45) is 21.1 Å². The first-order valence-corrected chi connectivity index (χ1v) is 44.0. The van der Waals surface area contributed by atoms with Gasteiger partial charge in [0.2, 0.25) is 0 Å². The fourth-order valence-electron chi connectivity index (χ4n) is 11.9. The van der Waals surface area contributed by atoms with Crippen molar-refractivity contribution in [3.05, 3.63) is 272 Å². The second-order valence-electron chi connectivity index (χ2n) is 28.8. The van der Waals surface area contributed by atoms with Crippen LogP contribution in [0.25, 0.3) is 45.0 Å². The van der Waals surface area contributed by atoms with E-state index in [9.17, 15) is 77.6 Å². The number of anilines is 7. The number of hydrogen-bond donors (Lipinski definition) is 4. The quantitative estimate of drug-likeness (QED) is 0.0433. The molecule has 6 aromatic heterocycles. The van der Waals surface area contributed by atoms with Gasteiger partial charge in [-0.25, -0.2) is 68.0 Å². The normalized spacial score (nSPS) is 12.4. The van der Waals surface area contributed by atoms with Crippen molar-refractivity contribution in [3.63, 3.8) is 0 Å². The number of alkyl halides is 9. The van der Waals surface area contributed by atoms with Crippen LogP contribution in [-0.2, 0) is 91.0 Å². The highest BCUT2D eigenvalue weighted by atomic mass is 32.2. The molecular weight excluding hydrogens is 1660 g/mol. The smallest absolute Gasteiger partial charge is 0.378 e. The predicted octanol–water partition coefficient (Wildman–Crippen LogP) is 19.7. The summed E-state index contributed by atoms with van der Waals surface area (Å²) in [5.74, 6) is 0.322. The van der Waals surface area contributed by atoms with Crippen LogP contribution < -0.4 is 21.3 Å². The monoisotopic (exact) mass is 1750 g/mol. The Kier molecular flexibility index (Phi) is 28.2. The van der Waals surface area contributed by atoms with Gasteiger partial charge in [-0.3, -0.25) is 0 Å². The Hall–Kier alpha value is -12.0. The Labute approximate surface area is 694 Å². The molecule has 7 aromatic carbocycles. The fraction of sp³-hybridized carbons (Fsp3) is 0.247. The van der Waals surface area contributed by atoms with Gasteiger partial charge >= 0.3 is 18.5 Å². The Morgan fingerprint density at radius 2 is 0.752 bits per heavy atom. The van der Waals surface area contributed by atoms with E-state index >= 15 is 0 Å². The predicted molar refractivity (Wildman–Crippen MR) is 447 cm³/mol. The maximum Gasteiger partial charge on any atom is 0.417 e. The van der Waals surface area contributed by atoms with E-state index in [0.717, 1.165) is 47.1 Å². The van der Waals surface area contributed by atoms with Gasteiger partial charge in [0.05, 0.1) is 114 Å². The summed E-state index contributed by atoms with van der Waals surface area (Å²) < 4.78 is 236. The summed E-state index contributed by atoms with van der Waals surface area (Å²) in [4.78, 5) is 26.3. The molecule has 0 aliphatic rings. The molecule has 22 nitrogen and oxygen atoms in total. The minimum absolute atomic E-state index is 0.0286. The van der Waals surface area contributed by atoms with Crippen molar-refractivity contribution in [1.29, 1.82) is 0 Å². The lowest BCUT2D eigenvalue weighted by Crippen LogP contribution is -2.11. The number of nitrogens with one attached hydrogen (secondary N) is 4. The van der Waals surface area contributed by atoms with Crippen molar-refractivity contribution in [3.8, 4) is 45.0 Å². The lowest BCUT2D eigenvalue weighted by molar-refractivity contribution is -0.138. The lowest BCUT2D eigenvalue weighted by atomic mass is 9.88. The zero-order chi connectivity index (χ0) is 88.4. The van der Waals surface area contributed by atoms with E-state index in [1.807, 2.05) is 36.1 Å². The molecule has 0 aliphatic heterocycles. The topological polar surface area (TPSA) is 282 Å². The van der Waals surface area contributed by atoms with E-state index in [1.165, 1.54) is 80.0 Å². The summed E-state index contributed by atoms with van der Waals surface area (Å²) in [6.45, 7) is 14.7. The van der Waals surface area contributed by atoms with E-state index in [2.05, 4.69) is 71.9 Å². The number of imidazole rings is 4. The Morgan fingerprint density at radius 3 is 1.12 bits per heavy atom. The molecule has 4 N–H and O–H groups in total. The second-order valence-corrected chi connectivity index (χ2v) is 37.9. The molecule has 638 valence electrons. The Balaban J connectivity index is 0.000000170. The number of benzene rings is 7. The highest BCUT2D eigenvalue weighted by Crippen LogP contribution is 2.40. The van der Waals surface area contributed by atoms with E-state index in [-0.39, 0.29) is 66.2 Å². The van der Waals surface area contributed by atoms with E-state index < -0.39 is 80.6 Å². The molecular formula is C85H86F10N14O8S4. The van der Waals surface area contributed by atoms with Crippen molar-refractivity contribution in [1.82, 2.24) is 48.2 Å². The Morgan fingerprint density at radius 1 is 0.380 bits per heavy atom. The zero-order valence-corrected chi connectivity index (χ0v) is 70.5. The molecule has 6 heterocycles. The minimum Gasteiger partial charge on any atom is -0.378 e. The summed E-state index contributed by atoms with van der Waals surface area (Å²) in [7, 11) is -8.25. The van der Waals surface area contributed by atoms with E-state index in [1.54, 1.807) is 154 Å². The van der Waals surface area contributed by atoms with Gasteiger partial charge in [-0.2, -0.15) is 39.5 Å². The maximum absolute atomic E-state index is 14.0. The van der Waals surface area contributed by atoms with Crippen LogP contribution in [0.2, 0.25) is 0 Å². The average molecular weight is 1750 g/mol. The molecule has 121 heavy (non-hydrogen) atoms. The van der Waals surface area contributed by atoms with Crippen LogP contribution in [0.5, 0.6) is 0 Å². The molecule has 0 saturated carbocycles. The van der Waals surface area contributed by atoms with Gasteiger partial charge in [0, 0.05) is 121 Å². The van der Waals surface area contributed by atoms with Crippen molar-refractivity contribution in [2.45, 2.75) is 112 Å². The van der Waals surface area contributed by atoms with Crippen molar-refractivity contribution >= 4 is 79.4 Å². The van der Waals surface area contributed by atoms with Gasteiger partial charge in [0.25, 0.3) is 0 Å². The standard InChI is InChI=1S/C24H20F4N4O2S.C21H22F3N3O2S.C21H26N4O2S.C19H18F3N3O2S/c1-2-35(33,34)18-8-9-21(31-23-10-7-17(12-29-23)24(26,27)28)19(11-18)22-14-32(15-30-22)13-16-5-3-4-6-20(16)25;1-4-30(28,29)17-8-9-19(18(11-17)20-12-27(3)13-25-20)26-14(2)15-6-5-7-16(10-15)21(22,23)24;1-6-28(26,27)16-8-9-18(17(11-16)19-13-25(5)14-23-19)24-20-10-7-15(12-22-20)21(2,3)4;1-3-28(26,27)15-8-9-17(16(10-15)18-11-25(2)12-23-18)24-14-6-4-13(5-7-14)19(20,21)22/h3-12,14-15H,2,13H2,1H3,(H,29,31);5-14,26H,4H2,1-3H3;7-14H,6H2,1-5H3,(H,22,24);4-12,24H,3H2,1-2H3/t;14-;;/m.0../s1. The van der Waals surface area contributed by atoms with Gasteiger partial charge in [0.15, 0.2) is 39.3 Å². The van der Waals surface area contributed by atoms with Gasteiger partial charge in [-0.15, -0.1) is 0 Å². The fourth-order valence-corrected chi connectivity index (χ4v) is 15.5. The number of nitrogens with zero attached hydrogens (tertiary/aromatic N) is 10. The summed E-state index contributed by atoms with van der Waals surface area (Å²) in [6.07, 6.45) is 2.55. The third-order valence-electron chi connectivity index (χ3n) is 18.9. The summed E-state index contributed by atoms with van der Waals surface area (Å²) in [6, 6.07) is 40.3. The molecule has 0 bridgehead atoms. The van der Waals surface area contributed by atoms with Crippen LogP contribution in [0.15, 0.2) is 252 Å². The first-order chi connectivity index (χ1) is 56.8. The molecule has 0 spiro atoms. The molecule has 0 unspecified atom stereocenters. The van der Waals surface area contributed by atoms with Gasteiger partial charge in [0.1, 0.15) is 17.5 Å². The van der Waals surface area contributed by atoms with E-state index in [0.29, 0.717) is 85.4 Å². The second kappa shape index (κ2) is 37.3. The molecule has 13 aromatic rings. The first-order valence-electron chi connectivity index (χ1n) is 37.4. The number of sulfone groups is 4. The lowest BCUT2D eigenvalue weighted by Gasteiger charge is -2.20. The van der Waals surface area contributed by atoms with Gasteiger partial charge in [-0.1, -0.05) is 84.9 Å². The highest BCUT2D eigenvalue weighted by molar-refractivity contribution is 7.92. The van der Waals surface area contributed by atoms with Gasteiger partial charge < -0.3 is 39.5 Å². The highest BCUT2D eigenvalue weighted by Gasteiger charge is 2.34. The molecule has 13 rings (SSSR count). The first kappa shape index (κ1) is 91.3. The largest absolute Gasteiger partial charge is 0.417 e. The van der Waals surface area contributed by atoms with Crippen LogP contribution in [0.4, 0.5) is 84.0 Å². The number of aryl methyl sites for hydroxylation is 3. The van der Waals surface area contributed by atoms with Crippen LogP contribution in [0, 0.1) is 5.82 Å². The molecule has 36 heteroatoms. The van der Waals surface area contributed by atoms with Gasteiger partial charge in [-0.05, 0) is 157 Å². The number of aromatic nitrogens is 10. The molecule has 1 atom stereocenters. The van der Waals surface area contributed by atoms with Crippen LogP contribution >= 0.6 is 0 Å². The summed E-state index contributed by atoms with van der Waals surface area (Å²) >= 11 is 0. The molecule has 0 saturated heterocycles. The number of hydrogen-bond acceptors (Lipinski definition) is 18. The molecule has 0 fully saturated rings. The maximum atomic E-state index is 14.0. The summed E-state index contributed by atoms with van der Waals surface area (Å²) in [5, 5.41) is 12.5. The van der Waals surface area contributed by atoms with Crippen molar-refractivity contribution in [2.75, 3.05) is 44.3 Å². The molecule has 0 amide bonds. The molecule has 0 aliphatic carbocycles. The zero-order valence-electron chi connectivity index (χ0n) is 67.2. The number of rotatable bonds is 23. The van der Waals surface area contributed by atoms with Crippen molar-refractivity contribution < 1.29 is 77.6 Å². The molecule has 0 radical (unpaired) electrons. The van der Waals surface area contributed by atoms with E-state index in [4.69, 9.17) is 0 Å². The van der Waals surface area contributed by atoms with Crippen LogP contribution in [0.3, 0.4) is 0 Å². The number of halogens is 10. The minimum atomic E-state index is -4.52. The SMILES string of the molecule is CCS(=O)(=O)c1ccc(N[C@@H](C)c2cccc(C(F)(F)F)c2)c(-c2cn(C)cn2)c1.CCS(=O)(=O)c1ccc(Nc2ccc(C(C)(C)C)cn2)c(-c2cn(C)cn2)c1.CCS(=O)(=O)c1ccc(Nc2ccc(C(F)(F)F)cc2)c(-c2cn(C)cn2)c1.CCS(=O)(=O)c1ccc(Nc2ccc(C(F)(F)F)cn2)c(-c2cn(Cc3ccccc3F)cn2)c1.